The summed E-state index contributed by atoms with van der Waals surface area (Å²) in [7, 11) is -3.46. The molecule has 0 N–H and O–H groups in total. The summed E-state index contributed by atoms with van der Waals surface area (Å²) in [5, 5.41) is 0. The van der Waals surface area contributed by atoms with Crippen molar-refractivity contribution in [1.82, 2.24) is 4.31 Å². The van der Waals surface area contributed by atoms with E-state index in [1.54, 1.807) is 4.31 Å². The molecule has 2 aromatic rings. The normalized spacial score (nSPS) is 18.4. The molecule has 1 aliphatic heterocycles. The first kappa shape index (κ1) is 17.9. The van der Waals surface area contributed by atoms with E-state index in [0.29, 0.717) is 18.7 Å². The highest BCUT2D eigenvalue weighted by Crippen LogP contribution is 2.35. The zero-order valence-electron chi connectivity index (χ0n) is 14.2. The number of sulfonamides is 1. The van der Waals surface area contributed by atoms with Crippen LogP contribution in [0.4, 0.5) is 4.39 Å². The van der Waals surface area contributed by atoms with Crippen LogP contribution in [0.5, 0.6) is 5.75 Å². The summed E-state index contributed by atoms with van der Waals surface area (Å²) in [5.74, 6) is 0.306. The quantitative estimate of drug-likeness (QED) is 0.782. The molecular formula is C19H22FNO3S. The fourth-order valence-electron chi connectivity index (χ4n) is 3.23. The number of ether oxygens (including phenoxy) is 1. The molecule has 0 saturated carbocycles. The number of rotatable bonds is 6. The molecule has 1 fully saturated rings. The van der Waals surface area contributed by atoms with Crippen LogP contribution in [0.25, 0.3) is 0 Å². The van der Waals surface area contributed by atoms with Gasteiger partial charge in [-0.3, -0.25) is 0 Å². The third-order valence-electron chi connectivity index (χ3n) is 4.40. The van der Waals surface area contributed by atoms with E-state index in [1.165, 1.54) is 24.3 Å². The van der Waals surface area contributed by atoms with Gasteiger partial charge in [-0.25, -0.2) is 12.8 Å². The van der Waals surface area contributed by atoms with Gasteiger partial charge in [0.2, 0.25) is 10.0 Å². The average molecular weight is 363 g/mol. The van der Waals surface area contributed by atoms with E-state index in [0.717, 1.165) is 24.2 Å². The Kier molecular flexibility index (Phi) is 5.39. The molecule has 1 atom stereocenters. The van der Waals surface area contributed by atoms with Crippen LogP contribution < -0.4 is 4.74 Å². The maximum Gasteiger partial charge on any atom is 0.218 e. The maximum absolute atomic E-state index is 13.0. The fraction of sp³-hybridized carbons (Fsp3) is 0.368. The second kappa shape index (κ2) is 7.54. The van der Waals surface area contributed by atoms with Crippen LogP contribution in [-0.4, -0.2) is 25.9 Å². The van der Waals surface area contributed by atoms with Crippen molar-refractivity contribution < 1.29 is 17.5 Å². The van der Waals surface area contributed by atoms with Crippen LogP contribution in [0.2, 0.25) is 0 Å². The number of hydrogen-bond acceptors (Lipinski definition) is 3. The van der Waals surface area contributed by atoms with Crippen LogP contribution >= 0.6 is 0 Å². The van der Waals surface area contributed by atoms with Gasteiger partial charge in [-0.1, -0.05) is 24.3 Å². The summed E-state index contributed by atoms with van der Waals surface area (Å²) in [5.41, 5.74) is 1.57. The monoisotopic (exact) mass is 363 g/mol. The van der Waals surface area contributed by atoms with Gasteiger partial charge in [-0.2, -0.15) is 4.31 Å². The zero-order chi connectivity index (χ0) is 17.9. The minimum Gasteiger partial charge on any atom is -0.494 e. The Morgan fingerprint density at radius 2 is 1.80 bits per heavy atom. The van der Waals surface area contributed by atoms with E-state index in [-0.39, 0.29) is 17.6 Å². The molecule has 0 radical (unpaired) electrons. The molecule has 0 amide bonds. The van der Waals surface area contributed by atoms with E-state index in [2.05, 4.69) is 0 Å². The summed E-state index contributed by atoms with van der Waals surface area (Å²) >= 11 is 0. The molecule has 1 heterocycles. The van der Waals surface area contributed by atoms with Gasteiger partial charge in [0.1, 0.15) is 11.6 Å². The van der Waals surface area contributed by atoms with Crippen molar-refractivity contribution >= 4 is 10.0 Å². The second-order valence-electron chi connectivity index (χ2n) is 6.15. The first-order chi connectivity index (χ1) is 12.0. The van der Waals surface area contributed by atoms with Gasteiger partial charge in [-0.15, -0.1) is 0 Å². The standard InChI is InChI=1S/C19H22FNO3S/c1-2-24-18-11-7-16(8-12-18)19-4-3-13-21(19)25(22,23)14-15-5-9-17(20)10-6-15/h5-12,19H,2-4,13-14H2,1H3/t19-/m1/s1. The Balaban J connectivity index is 1.78. The number of nitrogens with zero attached hydrogens (tertiary/aromatic N) is 1. The van der Waals surface area contributed by atoms with Gasteiger partial charge in [0.25, 0.3) is 0 Å². The van der Waals surface area contributed by atoms with Crippen LogP contribution in [0.3, 0.4) is 0 Å². The minimum atomic E-state index is -3.46. The summed E-state index contributed by atoms with van der Waals surface area (Å²) in [6.45, 7) is 3.04. The van der Waals surface area contributed by atoms with E-state index in [4.69, 9.17) is 4.74 Å². The van der Waals surface area contributed by atoms with E-state index >= 15 is 0 Å². The third-order valence-corrected chi connectivity index (χ3v) is 6.25. The molecule has 6 heteroatoms. The van der Waals surface area contributed by atoms with Crippen molar-refractivity contribution in [2.75, 3.05) is 13.2 Å². The summed E-state index contributed by atoms with van der Waals surface area (Å²) in [4.78, 5) is 0. The molecule has 25 heavy (non-hydrogen) atoms. The van der Waals surface area contributed by atoms with Crippen molar-refractivity contribution in [2.45, 2.75) is 31.6 Å². The van der Waals surface area contributed by atoms with Crippen molar-refractivity contribution in [3.05, 3.63) is 65.5 Å². The first-order valence-corrected chi connectivity index (χ1v) is 10.1. The summed E-state index contributed by atoms with van der Waals surface area (Å²) < 4.78 is 45.7. The molecule has 1 saturated heterocycles. The van der Waals surface area contributed by atoms with Crippen LogP contribution in [0, 0.1) is 5.82 Å². The second-order valence-corrected chi connectivity index (χ2v) is 8.08. The predicted molar refractivity (Wildman–Crippen MR) is 95.3 cm³/mol. The molecular weight excluding hydrogens is 341 g/mol. The van der Waals surface area contributed by atoms with Gasteiger partial charge < -0.3 is 4.74 Å². The molecule has 134 valence electrons. The average Bonchev–Trinajstić information content (AvgIpc) is 3.08. The molecule has 0 bridgehead atoms. The minimum absolute atomic E-state index is 0.110. The molecule has 0 unspecified atom stereocenters. The van der Waals surface area contributed by atoms with Gasteiger partial charge >= 0.3 is 0 Å². The third kappa shape index (κ3) is 4.19. The molecule has 0 spiro atoms. The smallest absolute Gasteiger partial charge is 0.218 e. The number of halogens is 1. The molecule has 4 nitrogen and oxygen atoms in total. The van der Waals surface area contributed by atoms with Gasteiger partial charge in [0, 0.05) is 12.6 Å². The highest BCUT2D eigenvalue weighted by atomic mass is 32.2. The van der Waals surface area contributed by atoms with Crippen LogP contribution in [0.1, 0.15) is 36.9 Å². The van der Waals surface area contributed by atoms with Crippen LogP contribution in [-0.2, 0) is 15.8 Å². The highest BCUT2D eigenvalue weighted by molar-refractivity contribution is 7.88. The predicted octanol–water partition coefficient (Wildman–Crippen LogP) is 3.89. The lowest BCUT2D eigenvalue weighted by Crippen LogP contribution is -2.31. The van der Waals surface area contributed by atoms with Crippen molar-refractivity contribution in [2.24, 2.45) is 0 Å². The molecule has 2 aromatic carbocycles. The Hall–Kier alpha value is -1.92. The van der Waals surface area contributed by atoms with E-state index < -0.39 is 10.0 Å². The van der Waals surface area contributed by atoms with Crippen molar-refractivity contribution in [3.63, 3.8) is 0 Å². The molecule has 0 aliphatic carbocycles. The zero-order valence-corrected chi connectivity index (χ0v) is 15.0. The molecule has 1 aliphatic rings. The van der Waals surface area contributed by atoms with Gasteiger partial charge in [0.15, 0.2) is 0 Å². The van der Waals surface area contributed by atoms with Crippen molar-refractivity contribution in [1.29, 1.82) is 0 Å². The van der Waals surface area contributed by atoms with Crippen LogP contribution in [0.15, 0.2) is 48.5 Å². The molecule has 0 aromatic heterocycles. The van der Waals surface area contributed by atoms with Gasteiger partial charge in [-0.05, 0) is 55.2 Å². The fourth-order valence-corrected chi connectivity index (χ4v) is 5.03. The summed E-state index contributed by atoms with van der Waals surface area (Å²) in [6.07, 6.45) is 1.64. The van der Waals surface area contributed by atoms with E-state index in [9.17, 15) is 12.8 Å². The lowest BCUT2D eigenvalue weighted by atomic mass is 10.1. The Bertz CT molecular complexity index is 804. The number of benzene rings is 2. The first-order valence-electron chi connectivity index (χ1n) is 8.46. The Morgan fingerprint density at radius 3 is 2.44 bits per heavy atom. The largest absolute Gasteiger partial charge is 0.494 e. The topological polar surface area (TPSA) is 46.6 Å². The van der Waals surface area contributed by atoms with Crippen molar-refractivity contribution in [3.8, 4) is 5.75 Å². The Labute approximate surface area is 148 Å². The lowest BCUT2D eigenvalue weighted by Gasteiger charge is -2.24. The Morgan fingerprint density at radius 1 is 1.12 bits per heavy atom. The molecule has 3 rings (SSSR count). The van der Waals surface area contributed by atoms with Gasteiger partial charge in [0.05, 0.1) is 12.4 Å². The summed E-state index contributed by atoms with van der Waals surface area (Å²) in [6, 6.07) is 13.1. The highest BCUT2D eigenvalue weighted by Gasteiger charge is 2.35. The SMILES string of the molecule is CCOc1ccc([C@H]2CCCN2S(=O)(=O)Cc2ccc(F)cc2)cc1. The number of hydrogen-bond donors (Lipinski definition) is 0. The van der Waals surface area contributed by atoms with E-state index in [1.807, 2.05) is 31.2 Å². The maximum atomic E-state index is 13.0. The lowest BCUT2D eigenvalue weighted by molar-refractivity contribution is 0.339.